The lowest BCUT2D eigenvalue weighted by Gasteiger charge is -2.25. The number of phenolic OH excluding ortho intramolecular Hbond substituents is 1. The van der Waals surface area contributed by atoms with E-state index in [9.17, 15) is 19.5 Å². The number of imide groups is 1. The fourth-order valence-corrected chi connectivity index (χ4v) is 4.30. The molecule has 1 saturated heterocycles. The van der Waals surface area contributed by atoms with Gasteiger partial charge in [0.2, 0.25) is 11.8 Å². The largest absolute Gasteiger partial charge is 0.506 e. The number of hydrogen-bond donors (Lipinski definition) is 3. The lowest BCUT2D eigenvalue weighted by Crippen LogP contribution is -2.51. The van der Waals surface area contributed by atoms with Crippen LogP contribution in [0, 0.1) is 23.7 Å². The Balaban J connectivity index is 1.44. The minimum absolute atomic E-state index is 0.0594. The number of rotatable bonds is 3. The van der Waals surface area contributed by atoms with Gasteiger partial charge < -0.3 is 15.7 Å². The number of nitrogens with one attached hydrogen (secondary N) is 2. The number of anilines is 1. The van der Waals surface area contributed by atoms with E-state index in [1.165, 1.54) is 11.0 Å². The predicted octanol–water partition coefficient (Wildman–Crippen LogP) is 1.67. The van der Waals surface area contributed by atoms with Gasteiger partial charge in [0, 0.05) is 0 Å². The van der Waals surface area contributed by atoms with Crippen molar-refractivity contribution in [2.24, 2.45) is 23.7 Å². The molecular weight excluding hydrogens is 322 g/mol. The molecule has 1 aromatic carbocycles. The van der Waals surface area contributed by atoms with E-state index in [4.69, 9.17) is 0 Å². The summed E-state index contributed by atoms with van der Waals surface area (Å²) in [4.78, 5) is 38.7. The molecule has 4 rings (SSSR count). The highest BCUT2D eigenvalue weighted by atomic mass is 16.3. The van der Waals surface area contributed by atoms with Gasteiger partial charge in [0.1, 0.15) is 11.9 Å². The molecule has 0 radical (unpaired) electrons. The van der Waals surface area contributed by atoms with Gasteiger partial charge in [0.25, 0.3) is 0 Å². The molecule has 4 amide bonds. The van der Waals surface area contributed by atoms with Crippen LogP contribution in [0.4, 0.5) is 10.5 Å². The quantitative estimate of drug-likeness (QED) is 0.442. The number of hydrogen-bond acceptors (Lipinski definition) is 4. The molecule has 3 aliphatic rings. The van der Waals surface area contributed by atoms with Crippen LogP contribution < -0.4 is 10.6 Å². The van der Waals surface area contributed by atoms with Crippen molar-refractivity contribution in [3.63, 3.8) is 0 Å². The molecule has 7 heteroatoms. The Morgan fingerprint density at radius 3 is 2.36 bits per heavy atom. The smallest absolute Gasteiger partial charge is 0.320 e. The summed E-state index contributed by atoms with van der Waals surface area (Å²) in [7, 11) is 0. The molecule has 1 heterocycles. The highest BCUT2D eigenvalue weighted by Crippen LogP contribution is 2.52. The highest BCUT2D eigenvalue weighted by molar-refractivity contribution is 6.07. The van der Waals surface area contributed by atoms with Crippen molar-refractivity contribution < 1.29 is 19.5 Å². The van der Waals surface area contributed by atoms with E-state index >= 15 is 0 Å². The zero-order valence-electron chi connectivity index (χ0n) is 13.7. The molecule has 2 aliphatic carbocycles. The van der Waals surface area contributed by atoms with Crippen LogP contribution in [-0.4, -0.2) is 34.0 Å². The van der Waals surface area contributed by atoms with Gasteiger partial charge in [-0.25, -0.2) is 4.79 Å². The second-order valence-electron chi connectivity index (χ2n) is 6.84. The van der Waals surface area contributed by atoms with Crippen LogP contribution in [0.15, 0.2) is 36.4 Å². The Morgan fingerprint density at radius 2 is 1.76 bits per heavy atom. The van der Waals surface area contributed by atoms with Gasteiger partial charge >= 0.3 is 6.03 Å². The van der Waals surface area contributed by atoms with Crippen LogP contribution in [0.25, 0.3) is 0 Å². The van der Waals surface area contributed by atoms with E-state index in [1.807, 2.05) is 12.2 Å². The average Bonchev–Trinajstić information content (AvgIpc) is 3.23. The van der Waals surface area contributed by atoms with Gasteiger partial charge in [0.15, 0.2) is 0 Å². The SMILES string of the molecule is C[C@H](NC(=O)Nc1ccccc1O)N1C(=O)[C@@H]2[C@H](C1=O)[C@H]1C=C[C@H]2C1. The Hall–Kier alpha value is -2.83. The molecule has 1 saturated carbocycles. The summed E-state index contributed by atoms with van der Waals surface area (Å²) in [5.41, 5.74) is 0.255. The number of nitrogens with zero attached hydrogens (tertiary/aromatic N) is 1. The number of para-hydroxylation sites is 2. The first kappa shape index (κ1) is 15.7. The fraction of sp³-hybridized carbons (Fsp3) is 0.389. The molecule has 130 valence electrons. The number of carbonyl (C=O) groups is 3. The molecule has 1 aromatic rings. The van der Waals surface area contributed by atoms with Gasteiger partial charge in [-0.05, 0) is 37.3 Å². The maximum atomic E-state index is 12.7. The molecule has 5 atom stereocenters. The Kier molecular flexibility index (Phi) is 3.52. The summed E-state index contributed by atoms with van der Waals surface area (Å²) in [6, 6.07) is 5.74. The van der Waals surface area contributed by atoms with Gasteiger partial charge in [-0.2, -0.15) is 0 Å². The van der Waals surface area contributed by atoms with Crippen LogP contribution in [0.2, 0.25) is 0 Å². The normalized spacial score (nSPS) is 30.5. The summed E-state index contributed by atoms with van der Waals surface area (Å²) in [5.74, 6) is -0.765. The molecule has 0 spiro atoms. The average molecular weight is 341 g/mol. The molecule has 2 fully saturated rings. The van der Waals surface area contributed by atoms with Gasteiger partial charge in [-0.1, -0.05) is 24.3 Å². The Bertz CT molecular complexity index is 760. The lowest BCUT2D eigenvalue weighted by atomic mass is 9.85. The summed E-state index contributed by atoms with van der Waals surface area (Å²) >= 11 is 0. The molecule has 0 unspecified atom stereocenters. The maximum Gasteiger partial charge on any atom is 0.320 e. The molecule has 25 heavy (non-hydrogen) atoms. The van der Waals surface area contributed by atoms with Crippen LogP contribution in [0.1, 0.15) is 13.3 Å². The number of aromatic hydroxyl groups is 1. The van der Waals surface area contributed by atoms with E-state index in [0.717, 1.165) is 6.42 Å². The summed E-state index contributed by atoms with van der Waals surface area (Å²) in [5, 5.41) is 14.8. The van der Waals surface area contributed by atoms with Crippen molar-refractivity contribution in [1.82, 2.24) is 10.2 Å². The number of allylic oxidation sites excluding steroid dienone is 2. The standard InChI is InChI=1S/C18H19N3O4/c1-9(19-18(25)20-12-4-2-3-5-13(12)22)21-16(23)14-10-6-7-11(8-10)15(14)17(21)24/h2-7,9-11,14-15,22H,8H2,1H3,(H2,19,20,25)/t9-,10+,11+,14-,15+/m1/s1. The highest BCUT2D eigenvalue weighted by Gasteiger charge is 2.60. The third-order valence-electron chi connectivity index (χ3n) is 5.38. The van der Waals surface area contributed by atoms with E-state index in [0.29, 0.717) is 0 Å². The van der Waals surface area contributed by atoms with Gasteiger partial charge in [0.05, 0.1) is 17.5 Å². The summed E-state index contributed by atoms with van der Waals surface area (Å²) in [6.45, 7) is 1.61. The lowest BCUT2D eigenvalue weighted by molar-refractivity contribution is -0.143. The first-order valence-electron chi connectivity index (χ1n) is 8.38. The van der Waals surface area contributed by atoms with Crippen molar-refractivity contribution >= 4 is 23.5 Å². The minimum atomic E-state index is -0.754. The molecule has 7 nitrogen and oxygen atoms in total. The summed E-state index contributed by atoms with van der Waals surface area (Å²) < 4.78 is 0. The third kappa shape index (κ3) is 2.38. The van der Waals surface area contributed by atoms with Crippen molar-refractivity contribution in [2.75, 3.05) is 5.32 Å². The zero-order valence-corrected chi connectivity index (χ0v) is 13.7. The second-order valence-corrected chi connectivity index (χ2v) is 6.84. The third-order valence-corrected chi connectivity index (χ3v) is 5.38. The van der Waals surface area contributed by atoms with Crippen molar-refractivity contribution in [3.05, 3.63) is 36.4 Å². The molecule has 3 N–H and O–H groups in total. The van der Waals surface area contributed by atoms with Crippen LogP contribution in [-0.2, 0) is 9.59 Å². The maximum absolute atomic E-state index is 12.7. The number of urea groups is 1. The Morgan fingerprint density at radius 1 is 1.16 bits per heavy atom. The monoisotopic (exact) mass is 341 g/mol. The minimum Gasteiger partial charge on any atom is -0.506 e. The van der Waals surface area contributed by atoms with Gasteiger partial charge in [-0.15, -0.1) is 0 Å². The van der Waals surface area contributed by atoms with Crippen LogP contribution in [0.5, 0.6) is 5.75 Å². The topological polar surface area (TPSA) is 98.7 Å². The number of amides is 4. The van der Waals surface area contributed by atoms with E-state index in [2.05, 4.69) is 10.6 Å². The van der Waals surface area contributed by atoms with E-state index < -0.39 is 12.2 Å². The van der Waals surface area contributed by atoms with Crippen molar-refractivity contribution in [3.8, 4) is 5.75 Å². The molecule has 1 aliphatic heterocycles. The first-order valence-corrected chi connectivity index (χ1v) is 8.38. The summed E-state index contributed by atoms with van der Waals surface area (Å²) in [6.07, 6.45) is 4.18. The van der Waals surface area contributed by atoms with E-state index in [1.54, 1.807) is 25.1 Å². The fourth-order valence-electron chi connectivity index (χ4n) is 4.30. The predicted molar refractivity (Wildman–Crippen MR) is 89.3 cm³/mol. The number of phenols is 1. The second kappa shape index (κ2) is 5.61. The zero-order chi connectivity index (χ0) is 17.7. The number of benzene rings is 1. The molecule has 0 aromatic heterocycles. The molecular formula is C18H19N3O4. The number of likely N-dealkylation sites (tertiary alicyclic amines) is 1. The van der Waals surface area contributed by atoms with Crippen LogP contribution >= 0.6 is 0 Å². The van der Waals surface area contributed by atoms with Crippen molar-refractivity contribution in [1.29, 1.82) is 0 Å². The molecule has 2 bridgehead atoms. The van der Waals surface area contributed by atoms with E-state index in [-0.39, 0.29) is 46.9 Å². The number of carbonyl (C=O) groups excluding carboxylic acids is 3. The first-order chi connectivity index (χ1) is 12.0. The van der Waals surface area contributed by atoms with Crippen molar-refractivity contribution in [2.45, 2.75) is 19.5 Å². The van der Waals surface area contributed by atoms with Crippen LogP contribution in [0.3, 0.4) is 0 Å². The number of fused-ring (bicyclic) bond motifs is 5. The Labute approximate surface area is 144 Å². The van der Waals surface area contributed by atoms with Gasteiger partial charge in [-0.3, -0.25) is 14.5 Å².